The lowest BCUT2D eigenvalue weighted by molar-refractivity contribution is 0.0683. The third-order valence-corrected chi connectivity index (χ3v) is 5.05. The number of carbonyl (C=O) groups excluding carboxylic acids is 1. The van der Waals surface area contributed by atoms with Crippen molar-refractivity contribution in [2.45, 2.75) is 50.7 Å². The Balaban J connectivity index is 0.00000156. The number of nitrogens with zero attached hydrogens (tertiary/aromatic N) is 4. The monoisotopic (exact) mass is 335 g/mol. The van der Waals surface area contributed by atoms with Crippen molar-refractivity contribution in [3.63, 3.8) is 0 Å². The molecule has 2 aliphatic heterocycles. The van der Waals surface area contributed by atoms with Crippen LogP contribution in [-0.4, -0.2) is 50.6 Å². The summed E-state index contributed by atoms with van der Waals surface area (Å²) < 4.78 is 1.67. The highest BCUT2D eigenvalue weighted by molar-refractivity contribution is 5.99. The summed E-state index contributed by atoms with van der Waals surface area (Å²) in [4.78, 5) is 19.2. The van der Waals surface area contributed by atoms with Gasteiger partial charge in [0.1, 0.15) is 5.56 Å². The van der Waals surface area contributed by atoms with Gasteiger partial charge >= 0.3 is 0 Å². The molecule has 2 aromatic rings. The number of aromatic nitrogens is 3. The Morgan fingerprint density at radius 2 is 2.04 bits per heavy atom. The van der Waals surface area contributed by atoms with Crippen LogP contribution in [0.4, 0.5) is 0 Å². The SMILES string of the molecule is Cc1ccn2ncc(C(=O)N(C)C3CC4CCC(C3)N4)c2n1.Cl. The van der Waals surface area contributed by atoms with Gasteiger partial charge in [-0.25, -0.2) is 9.50 Å². The van der Waals surface area contributed by atoms with Gasteiger partial charge in [-0.3, -0.25) is 4.79 Å². The number of rotatable bonds is 2. The van der Waals surface area contributed by atoms with Gasteiger partial charge in [0.15, 0.2) is 5.65 Å². The molecule has 7 heteroatoms. The van der Waals surface area contributed by atoms with Crippen molar-refractivity contribution >= 4 is 24.0 Å². The molecule has 124 valence electrons. The van der Waals surface area contributed by atoms with Gasteiger partial charge in [0, 0.05) is 37.1 Å². The average molecular weight is 336 g/mol. The molecule has 2 unspecified atom stereocenters. The second-order valence-corrected chi connectivity index (χ2v) is 6.57. The van der Waals surface area contributed by atoms with Crippen LogP contribution in [0.3, 0.4) is 0 Å². The van der Waals surface area contributed by atoms with E-state index in [0.29, 0.717) is 29.3 Å². The van der Waals surface area contributed by atoms with Crippen molar-refractivity contribution in [2.75, 3.05) is 7.05 Å². The van der Waals surface area contributed by atoms with E-state index in [1.54, 1.807) is 10.7 Å². The maximum absolute atomic E-state index is 12.9. The Kier molecular flexibility index (Phi) is 4.29. The van der Waals surface area contributed by atoms with Gasteiger partial charge in [-0.2, -0.15) is 5.10 Å². The Hall–Kier alpha value is -1.66. The van der Waals surface area contributed by atoms with Gasteiger partial charge in [0.05, 0.1) is 6.20 Å². The highest BCUT2D eigenvalue weighted by Gasteiger charge is 2.37. The van der Waals surface area contributed by atoms with Crippen molar-refractivity contribution < 1.29 is 4.79 Å². The lowest BCUT2D eigenvalue weighted by atomic mass is 9.98. The third kappa shape index (κ3) is 2.81. The summed E-state index contributed by atoms with van der Waals surface area (Å²) in [6, 6.07) is 3.35. The molecule has 2 aromatic heterocycles. The highest BCUT2D eigenvalue weighted by Crippen LogP contribution is 2.30. The van der Waals surface area contributed by atoms with Crippen molar-refractivity contribution in [3.8, 4) is 0 Å². The molecule has 2 fully saturated rings. The van der Waals surface area contributed by atoms with Gasteiger partial charge in [-0.1, -0.05) is 0 Å². The predicted octanol–water partition coefficient (Wildman–Crippen LogP) is 1.81. The van der Waals surface area contributed by atoms with E-state index in [9.17, 15) is 4.79 Å². The number of hydrogen-bond acceptors (Lipinski definition) is 4. The number of fused-ring (bicyclic) bond motifs is 3. The van der Waals surface area contributed by atoms with E-state index in [1.807, 2.05) is 31.1 Å². The number of hydrogen-bond donors (Lipinski definition) is 1. The second kappa shape index (κ2) is 6.09. The first-order valence-electron chi connectivity index (χ1n) is 7.96. The lowest BCUT2D eigenvalue weighted by Crippen LogP contribution is -2.48. The molecule has 1 N–H and O–H groups in total. The Bertz CT molecular complexity index is 718. The summed E-state index contributed by atoms with van der Waals surface area (Å²) in [5.74, 6) is 0.0272. The Morgan fingerprint density at radius 3 is 2.74 bits per heavy atom. The first-order chi connectivity index (χ1) is 10.6. The van der Waals surface area contributed by atoms with Crippen molar-refractivity contribution in [2.24, 2.45) is 0 Å². The molecular formula is C16H22ClN5O. The van der Waals surface area contributed by atoms with E-state index in [-0.39, 0.29) is 18.3 Å². The normalized spacial score (nSPS) is 26.1. The Morgan fingerprint density at radius 1 is 1.35 bits per heavy atom. The largest absolute Gasteiger partial charge is 0.338 e. The molecule has 1 amide bonds. The number of nitrogens with one attached hydrogen (secondary N) is 1. The summed E-state index contributed by atoms with van der Waals surface area (Å²) in [5.41, 5.74) is 2.13. The summed E-state index contributed by atoms with van der Waals surface area (Å²) in [5, 5.41) is 7.86. The first-order valence-corrected chi connectivity index (χ1v) is 7.96. The number of aryl methyl sites for hydroxylation is 1. The topological polar surface area (TPSA) is 62.5 Å². The van der Waals surface area contributed by atoms with E-state index >= 15 is 0 Å². The molecule has 4 heterocycles. The van der Waals surface area contributed by atoms with Gasteiger partial charge < -0.3 is 10.2 Å². The van der Waals surface area contributed by atoms with Crippen molar-refractivity contribution in [1.29, 1.82) is 0 Å². The van der Waals surface area contributed by atoms with E-state index in [2.05, 4.69) is 15.4 Å². The standard InChI is InChI=1S/C16H21N5O.ClH/c1-10-5-6-21-15(18-10)14(9-17-21)16(22)20(2)13-7-11-3-4-12(8-13)19-11;/h5-6,9,11-13,19H,3-4,7-8H2,1-2H3;1H. The summed E-state index contributed by atoms with van der Waals surface area (Å²) in [7, 11) is 1.91. The second-order valence-electron chi connectivity index (χ2n) is 6.57. The van der Waals surface area contributed by atoms with Gasteiger partial charge in [-0.15, -0.1) is 12.4 Å². The fourth-order valence-corrected chi connectivity index (χ4v) is 3.81. The smallest absolute Gasteiger partial charge is 0.259 e. The predicted molar refractivity (Wildman–Crippen MR) is 90.0 cm³/mol. The highest BCUT2D eigenvalue weighted by atomic mass is 35.5. The van der Waals surface area contributed by atoms with Crippen LogP contribution in [0.25, 0.3) is 5.65 Å². The van der Waals surface area contributed by atoms with Crippen molar-refractivity contribution in [3.05, 3.63) is 29.7 Å². The van der Waals surface area contributed by atoms with Crippen LogP contribution in [0.2, 0.25) is 0 Å². The van der Waals surface area contributed by atoms with Crippen LogP contribution in [0.15, 0.2) is 18.5 Å². The maximum Gasteiger partial charge on any atom is 0.259 e. The third-order valence-electron chi connectivity index (χ3n) is 5.05. The lowest BCUT2D eigenvalue weighted by Gasteiger charge is -2.35. The zero-order chi connectivity index (χ0) is 15.3. The van der Waals surface area contributed by atoms with Gasteiger partial charge in [0.25, 0.3) is 5.91 Å². The molecule has 2 atom stereocenters. The molecule has 6 nitrogen and oxygen atoms in total. The molecule has 2 saturated heterocycles. The molecule has 0 radical (unpaired) electrons. The number of piperidine rings is 1. The average Bonchev–Trinajstić information content (AvgIpc) is 3.08. The fraction of sp³-hybridized carbons (Fsp3) is 0.562. The number of carbonyl (C=O) groups is 1. The van der Waals surface area contributed by atoms with E-state index in [1.165, 1.54) is 12.8 Å². The van der Waals surface area contributed by atoms with Crippen LogP contribution < -0.4 is 5.32 Å². The molecule has 4 rings (SSSR count). The van der Waals surface area contributed by atoms with E-state index in [0.717, 1.165) is 18.5 Å². The fourth-order valence-electron chi connectivity index (χ4n) is 3.81. The quantitative estimate of drug-likeness (QED) is 0.909. The minimum Gasteiger partial charge on any atom is -0.338 e. The molecule has 0 aromatic carbocycles. The number of amides is 1. The van der Waals surface area contributed by atoms with Crippen LogP contribution in [0, 0.1) is 6.92 Å². The first kappa shape index (κ1) is 16.2. The van der Waals surface area contributed by atoms with Crippen LogP contribution in [0.5, 0.6) is 0 Å². The minimum absolute atomic E-state index is 0. The van der Waals surface area contributed by atoms with Gasteiger partial charge in [-0.05, 0) is 38.7 Å². The summed E-state index contributed by atoms with van der Waals surface area (Å²) in [6.45, 7) is 1.93. The molecule has 0 saturated carbocycles. The zero-order valence-corrected chi connectivity index (χ0v) is 14.2. The van der Waals surface area contributed by atoms with E-state index in [4.69, 9.17) is 0 Å². The minimum atomic E-state index is 0. The van der Waals surface area contributed by atoms with Crippen molar-refractivity contribution in [1.82, 2.24) is 24.8 Å². The molecule has 2 bridgehead atoms. The molecule has 23 heavy (non-hydrogen) atoms. The summed E-state index contributed by atoms with van der Waals surface area (Å²) in [6.07, 6.45) is 8.05. The zero-order valence-electron chi connectivity index (χ0n) is 13.4. The molecule has 0 aliphatic carbocycles. The molecule has 2 aliphatic rings. The van der Waals surface area contributed by atoms with Crippen LogP contribution in [0.1, 0.15) is 41.7 Å². The maximum atomic E-state index is 12.9. The van der Waals surface area contributed by atoms with E-state index < -0.39 is 0 Å². The molecule has 0 spiro atoms. The van der Waals surface area contributed by atoms with Gasteiger partial charge in [0.2, 0.25) is 0 Å². The summed E-state index contributed by atoms with van der Waals surface area (Å²) >= 11 is 0. The number of halogens is 1. The van der Waals surface area contributed by atoms with Crippen LogP contribution in [-0.2, 0) is 0 Å². The Labute approximate surface area is 141 Å². The molecular weight excluding hydrogens is 314 g/mol. The van der Waals surface area contributed by atoms with Crippen LogP contribution >= 0.6 is 12.4 Å².